The van der Waals surface area contributed by atoms with E-state index in [1.165, 1.54) is 128 Å². The molecule has 0 spiro atoms. The molecule has 2 N–H and O–H groups in total. The number of carboxylic acids is 1. The topological polar surface area (TPSA) is 74.6 Å². The third kappa shape index (κ3) is 24.1. The number of Topliss-reactive ketones (excluding diaryl/α,β-unsaturated/α-hetero) is 1. The Morgan fingerprint density at radius 1 is 0.553 bits per heavy atom. The normalized spacial score (nSPS) is 13.5. The number of ketones is 1. The van der Waals surface area contributed by atoms with Crippen LogP contribution in [0.15, 0.2) is 0 Å². The summed E-state index contributed by atoms with van der Waals surface area (Å²) in [6, 6.07) is 0. The van der Waals surface area contributed by atoms with Crippen molar-refractivity contribution in [2.45, 2.75) is 173 Å². The minimum Gasteiger partial charge on any atom is -0.481 e. The Balaban J connectivity index is 3.48. The van der Waals surface area contributed by atoms with Crippen molar-refractivity contribution in [1.29, 1.82) is 0 Å². The van der Waals surface area contributed by atoms with Crippen molar-refractivity contribution < 1.29 is 24.3 Å². The molecule has 0 fully saturated rings. The second kappa shape index (κ2) is 23.9. The number of unbranched alkanes of at least 4 members (excludes halogenated alkanes) is 22. The molecule has 0 aliphatic rings. The third-order valence-corrected chi connectivity index (χ3v) is 7.71. The number of nitrogens with zero attached hydrogens (tertiary/aromatic N) is 1. The molecule has 0 saturated carbocycles. The molecular weight excluding hydrogens is 474 g/mol. The lowest BCUT2D eigenvalue weighted by Gasteiger charge is -2.33. The lowest BCUT2D eigenvalue weighted by atomic mass is 9.89. The summed E-state index contributed by atoms with van der Waals surface area (Å²) < 4.78 is 0.356. The van der Waals surface area contributed by atoms with E-state index in [1.807, 2.05) is 21.1 Å². The van der Waals surface area contributed by atoms with Crippen LogP contribution in [-0.4, -0.2) is 59.7 Å². The van der Waals surface area contributed by atoms with Gasteiger partial charge in [-0.1, -0.05) is 148 Å². The highest BCUT2D eigenvalue weighted by Gasteiger charge is 2.42. The van der Waals surface area contributed by atoms with Crippen molar-refractivity contribution in [3.8, 4) is 0 Å². The van der Waals surface area contributed by atoms with E-state index < -0.39 is 18.0 Å². The Hall–Kier alpha value is -0.940. The second-order valence-corrected chi connectivity index (χ2v) is 13.0. The van der Waals surface area contributed by atoms with Gasteiger partial charge >= 0.3 is 5.97 Å². The number of quaternary nitrogens is 1. The quantitative estimate of drug-likeness (QED) is 0.0734. The lowest BCUT2D eigenvalue weighted by Crippen LogP contribution is -2.54. The molecule has 0 aromatic heterocycles. The number of aliphatic carboxylic acids is 1. The molecule has 0 amide bonds. The Bertz CT molecular complexity index is 572. The molecule has 1 atom stereocenters. The summed E-state index contributed by atoms with van der Waals surface area (Å²) in [6.45, 7) is 2.41. The van der Waals surface area contributed by atoms with Gasteiger partial charge in [0.25, 0.3) is 0 Å². The monoisotopic (exact) mass is 540 g/mol. The minimum atomic E-state index is -1.77. The Labute approximate surface area is 236 Å². The Kier molecular flexibility index (Phi) is 23.3. The molecule has 0 rings (SSSR count). The van der Waals surface area contributed by atoms with Gasteiger partial charge in [-0.25, -0.2) is 0 Å². The van der Waals surface area contributed by atoms with Gasteiger partial charge < -0.3 is 14.7 Å². The van der Waals surface area contributed by atoms with Crippen LogP contribution in [0.3, 0.4) is 0 Å². The molecule has 5 heteroatoms. The summed E-state index contributed by atoms with van der Waals surface area (Å²) in [5.41, 5.74) is -1.77. The average Bonchev–Trinajstić information content (AvgIpc) is 2.82. The van der Waals surface area contributed by atoms with E-state index in [-0.39, 0.29) is 18.7 Å². The molecule has 0 aromatic carbocycles. The molecule has 0 aliphatic carbocycles. The number of carbonyl (C=O) groups excluding carboxylic acids is 1. The van der Waals surface area contributed by atoms with Crippen LogP contribution in [0.1, 0.15) is 167 Å². The fraction of sp³-hybridized carbons (Fsp3) is 0.939. The van der Waals surface area contributed by atoms with E-state index in [0.29, 0.717) is 4.48 Å². The average molecular weight is 541 g/mol. The zero-order valence-electron chi connectivity index (χ0n) is 26.0. The first-order valence-corrected chi connectivity index (χ1v) is 16.4. The third-order valence-electron chi connectivity index (χ3n) is 7.71. The fourth-order valence-electron chi connectivity index (χ4n) is 5.58. The van der Waals surface area contributed by atoms with Crippen LogP contribution in [0.5, 0.6) is 0 Å². The summed E-state index contributed by atoms with van der Waals surface area (Å²) >= 11 is 0. The molecule has 0 aromatic rings. The lowest BCUT2D eigenvalue weighted by molar-refractivity contribution is -0.875. The van der Waals surface area contributed by atoms with Crippen LogP contribution in [0, 0.1) is 0 Å². The number of hydrogen-bond donors (Lipinski definition) is 2. The number of carboxylic acid groups (broad SMARTS) is 1. The number of hydrogen-bond acceptors (Lipinski definition) is 3. The highest BCUT2D eigenvalue weighted by Crippen LogP contribution is 2.20. The summed E-state index contributed by atoms with van der Waals surface area (Å²) in [5.74, 6) is -1.45. The largest absolute Gasteiger partial charge is 0.481 e. The molecule has 0 aliphatic heterocycles. The van der Waals surface area contributed by atoms with E-state index in [9.17, 15) is 14.7 Å². The van der Waals surface area contributed by atoms with E-state index in [1.54, 1.807) is 0 Å². The first-order valence-electron chi connectivity index (χ1n) is 16.4. The molecule has 226 valence electrons. The van der Waals surface area contributed by atoms with Crippen molar-refractivity contribution >= 4 is 11.8 Å². The van der Waals surface area contributed by atoms with Crippen LogP contribution >= 0.6 is 0 Å². The predicted molar refractivity (Wildman–Crippen MR) is 162 cm³/mol. The number of aliphatic hydroxyl groups is 1. The first kappa shape index (κ1) is 37.1. The molecule has 0 saturated heterocycles. The number of rotatable bonds is 29. The second-order valence-electron chi connectivity index (χ2n) is 13.0. The molecule has 1 unspecified atom stereocenters. The minimum absolute atomic E-state index is 0.123. The molecular formula is C33H66NO4+. The molecule has 5 nitrogen and oxygen atoms in total. The first-order chi connectivity index (χ1) is 18.1. The van der Waals surface area contributed by atoms with Gasteiger partial charge in [-0.15, -0.1) is 0 Å². The van der Waals surface area contributed by atoms with Crippen molar-refractivity contribution in [3.63, 3.8) is 0 Å². The van der Waals surface area contributed by atoms with Gasteiger partial charge in [-0.3, -0.25) is 9.59 Å². The summed E-state index contributed by atoms with van der Waals surface area (Å²) in [7, 11) is 5.58. The zero-order valence-corrected chi connectivity index (χ0v) is 26.0. The van der Waals surface area contributed by atoms with Crippen LogP contribution < -0.4 is 0 Å². The van der Waals surface area contributed by atoms with E-state index >= 15 is 0 Å². The van der Waals surface area contributed by atoms with Gasteiger partial charge in [-0.2, -0.15) is 0 Å². The van der Waals surface area contributed by atoms with Gasteiger partial charge in [0, 0.05) is 6.42 Å². The molecule has 0 heterocycles. The van der Waals surface area contributed by atoms with Gasteiger partial charge in [0.2, 0.25) is 0 Å². The molecule has 0 radical (unpaired) electrons. The van der Waals surface area contributed by atoms with Gasteiger partial charge in [0.1, 0.15) is 6.54 Å². The maximum Gasteiger partial charge on any atom is 0.306 e. The predicted octanol–water partition coefficient (Wildman–Crippen LogP) is 8.85. The Morgan fingerprint density at radius 3 is 1.11 bits per heavy atom. The molecule has 38 heavy (non-hydrogen) atoms. The number of likely N-dealkylation sites (N-methyl/N-ethyl adjacent to an activating group) is 1. The van der Waals surface area contributed by atoms with Crippen LogP contribution in [0.4, 0.5) is 0 Å². The van der Waals surface area contributed by atoms with Gasteiger partial charge in [-0.05, 0) is 6.42 Å². The number of carbonyl (C=O) groups is 2. The van der Waals surface area contributed by atoms with Crippen molar-refractivity contribution in [1.82, 2.24) is 0 Å². The van der Waals surface area contributed by atoms with Gasteiger partial charge in [0.05, 0.1) is 27.6 Å². The van der Waals surface area contributed by atoms with Crippen LogP contribution in [-0.2, 0) is 9.59 Å². The standard InChI is InChI=1S/C33H65NO4/c1-5-6-7-8-9-10-11-12-13-14-15-16-17-18-19-20-21-22-23-24-25-26-27-28-31(35)33(38,29-32(36)37)30-34(2,3)4/h38H,5-30H2,1-4H3/p+1. The van der Waals surface area contributed by atoms with E-state index in [2.05, 4.69) is 6.92 Å². The maximum atomic E-state index is 12.6. The van der Waals surface area contributed by atoms with Gasteiger partial charge in [0.15, 0.2) is 11.4 Å². The van der Waals surface area contributed by atoms with Crippen molar-refractivity contribution in [3.05, 3.63) is 0 Å². The summed E-state index contributed by atoms with van der Waals surface area (Å²) in [4.78, 5) is 23.7. The highest BCUT2D eigenvalue weighted by molar-refractivity contribution is 5.90. The fourth-order valence-corrected chi connectivity index (χ4v) is 5.58. The highest BCUT2D eigenvalue weighted by atomic mass is 16.4. The van der Waals surface area contributed by atoms with Crippen LogP contribution in [0.25, 0.3) is 0 Å². The van der Waals surface area contributed by atoms with Crippen molar-refractivity contribution in [2.24, 2.45) is 0 Å². The van der Waals surface area contributed by atoms with Crippen molar-refractivity contribution in [2.75, 3.05) is 27.7 Å². The SMILES string of the molecule is CCCCCCCCCCCCCCCCCCCCCCCCCC(=O)C(O)(CC(=O)O)C[N+](C)(C)C. The summed E-state index contributed by atoms with van der Waals surface area (Å²) in [5, 5.41) is 19.8. The summed E-state index contributed by atoms with van der Waals surface area (Å²) in [6.07, 6.45) is 30.4. The smallest absolute Gasteiger partial charge is 0.306 e. The van der Waals surface area contributed by atoms with E-state index in [4.69, 9.17) is 5.11 Å². The molecule has 0 bridgehead atoms. The van der Waals surface area contributed by atoms with Crippen LogP contribution in [0.2, 0.25) is 0 Å². The Morgan fingerprint density at radius 2 is 0.842 bits per heavy atom. The van der Waals surface area contributed by atoms with E-state index in [0.717, 1.165) is 19.3 Å². The maximum absolute atomic E-state index is 12.6. The zero-order chi connectivity index (χ0) is 28.5.